The number of hydrogen-bond donors (Lipinski definition) is 4. The van der Waals surface area contributed by atoms with E-state index in [1.165, 1.54) is 0 Å². The number of carboxylic acid groups (broad SMARTS) is 1. The number of aliphatic hydroxyl groups is 1. The molecule has 2 aliphatic rings. The Balaban J connectivity index is 1.82. The van der Waals surface area contributed by atoms with E-state index in [1.54, 1.807) is 11.8 Å². The summed E-state index contributed by atoms with van der Waals surface area (Å²) in [5, 5.41) is 24.0. The van der Waals surface area contributed by atoms with Crippen molar-refractivity contribution < 1.29 is 19.8 Å². The van der Waals surface area contributed by atoms with Crippen molar-refractivity contribution in [2.45, 2.75) is 42.7 Å². The molecule has 0 unspecified atom stereocenters. The first-order chi connectivity index (χ1) is 8.02. The van der Waals surface area contributed by atoms with Crippen molar-refractivity contribution in [3.8, 4) is 0 Å². The van der Waals surface area contributed by atoms with Crippen molar-refractivity contribution in [1.29, 1.82) is 0 Å². The number of unbranched alkanes of at least 4 members (excludes halogenated alkanes) is 1. The molecule has 96 valence electrons. The second-order valence-corrected chi connectivity index (χ2v) is 5.67. The largest absolute Gasteiger partial charge is 0.481 e. The molecule has 0 radical (unpaired) electrons. The molecule has 2 heterocycles. The first-order valence-corrected chi connectivity index (χ1v) is 6.71. The molecule has 4 N–H and O–H groups in total. The molecule has 2 fully saturated rings. The van der Waals surface area contributed by atoms with E-state index >= 15 is 0 Å². The van der Waals surface area contributed by atoms with E-state index in [1.807, 2.05) is 0 Å². The molecule has 0 spiro atoms. The molecule has 7 heteroatoms. The Bertz CT molecular complexity index is 338. The lowest BCUT2D eigenvalue weighted by Crippen LogP contribution is -2.53. The van der Waals surface area contributed by atoms with Crippen LogP contribution in [0.25, 0.3) is 0 Å². The van der Waals surface area contributed by atoms with Crippen molar-refractivity contribution in [1.82, 2.24) is 10.6 Å². The molecule has 0 aromatic heterocycles. The lowest BCUT2D eigenvalue weighted by molar-refractivity contribution is -0.137. The number of nitrogens with one attached hydrogen (secondary N) is 2. The van der Waals surface area contributed by atoms with Crippen LogP contribution in [0, 0.1) is 0 Å². The maximum atomic E-state index is 11.2. The summed E-state index contributed by atoms with van der Waals surface area (Å²) in [6.45, 7) is 0. The van der Waals surface area contributed by atoms with Crippen LogP contribution in [0.5, 0.6) is 0 Å². The number of urea groups is 1. The maximum Gasteiger partial charge on any atom is 0.317 e. The topological polar surface area (TPSA) is 98.7 Å². The SMILES string of the molecule is O=C(O)CCCC[C@H]1SC[C@H]2NC(=O)N[C@@]21O. The van der Waals surface area contributed by atoms with Gasteiger partial charge in [0.1, 0.15) is 0 Å². The van der Waals surface area contributed by atoms with Crippen LogP contribution in [-0.4, -0.2) is 45.0 Å². The van der Waals surface area contributed by atoms with Gasteiger partial charge in [0.25, 0.3) is 0 Å². The van der Waals surface area contributed by atoms with E-state index in [-0.39, 0.29) is 23.7 Å². The van der Waals surface area contributed by atoms with Crippen LogP contribution in [0.15, 0.2) is 0 Å². The average molecular weight is 260 g/mol. The highest BCUT2D eigenvalue weighted by atomic mass is 32.2. The van der Waals surface area contributed by atoms with Crippen LogP contribution in [-0.2, 0) is 4.79 Å². The summed E-state index contributed by atoms with van der Waals surface area (Å²) in [6, 6.07) is -0.558. The van der Waals surface area contributed by atoms with Gasteiger partial charge in [-0.3, -0.25) is 4.79 Å². The van der Waals surface area contributed by atoms with E-state index in [0.717, 1.165) is 6.42 Å². The Morgan fingerprint density at radius 3 is 3.00 bits per heavy atom. The molecule has 0 aliphatic carbocycles. The van der Waals surface area contributed by atoms with Crippen LogP contribution in [0.2, 0.25) is 0 Å². The zero-order chi connectivity index (χ0) is 12.5. The summed E-state index contributed by atoms with van der Waals surface area (Å²) in [4.78, 5) is 21.5. The Hall–Kier alpha value is -0.950. The van der Waals surface area contributed by atoms with Gasteiger partial charge in [-0.15, -0.1) is 0 Å². The molecule has 2 saturated heterocycles. The van der Waals surface area contributed by atoms with Crippen LogP contribution in [0.3, 0.4) is 0 Å². The number of fused-ring (bicyclic) bond motifs is 1. The number of thioether (sulfide) groups is 1. The molecule has 0 aromatic carbocycles. The molecule has 2 rings (SSSR count). The van der Waals surface area contributed by atoms with E-state index in [2.05, 4.69) is 10.6 Å². The highest BCUT2D eigenvalue weighted by Crippen LogP contribution is 2.39. The van der Waals surface area contributed by atoms with Gasteiger partial charge in [0.05, 0.1) is 11.3 Å². The fourth-order valence-corrected chi connectivity index (χ4v) is 3.87. The number of aliphatic carboxylic acids is 1. The normalized spacial score (nSPS) is 35.2. The first kappa shape index (κ1) is 12.5. The number of hydrogen-bond acceptors (Lipinski definition) is 4. The van der Waals surface area contributed by atoms with Gasteiger partial charge in [0.2, 0.25) is 0 Å². The monoisotopic (exact) mass is 260 g/mol. The smallest absolute Gasteiger partial charge is 0.317 e. The first-order valence-electron chi connectivity index (χ1n) is 5.67. The second kappa shape index (κ2) is 4.73. The van der Waals surface area contributed by atoms with Gasteiger partial charge in [-0.1, -0.05) is 6.42 Å². The fourth-order valence-electron chi connectivity index (χ4n) is 2.30. The minimum absolute atomic E-state index is 0.0553. The van der Waals surface area contributed by atoms with Crippen LogP contribution in [0.1, 0.15) is 25.7 Å². The van der Waals surface area contributed by atoms with Crippen molar-refractivity contribution in [3.05, 3.63) is 0 Å². The molecular weight excluding hydrogens is 244 g/mol. The Morgan fingerprint density at radius 2 is 2.29 bits per heavy atom. The zero-order valence-electron chi connectivity index (χ0n) is 9.31. The number of amides is 2. The van der Waals surface area contributed by atoms with Gasteiger partial charge in [-0.2, -0.15) is 11.8 Å². The van der Waals surface area contributed by atoms with Gasteiger partial charge >= 0.3 is 12.0 Å². The predicted octanol–water partition coefficient (Wildman–Crippen LogP) is 0.117. The number of carbonyl (C=O) groups is 2. The van der Waals surface area contributed by atoms with Gasteiger partial charge < -0.3 is 20.8 Å². The molecule has 0 aromatic rings. The third-order valence-electron chi connectivity index (χ3n) is 3.21. The van der Waals surface area contributed by atoms with Crippen LogP contribution >= 0.6 is 11.8 Å². The van der Waals surface area contributed by atoms with E-state index in [0.29, 0.717) is 18.6 Å². The third kappa shape index (κ3) is 2.50. The molecule has 0 bridgehead atoms. The van der Waals surface area contributed by atoms with Gasteiger partial charge in [-0.05, 0) is 12.8 Å². The van der Waals surface area contributed by atoms with Crippen LogP contribution in [0.4, 0.5) is 4.79 Å². The Labute approximate surface area is 103 Å². The molecule has 3 atom stereocenters. The van der Waals surface area contributed by atoms with E-state index in [9.17, 15) is 14.7 Å². The Kier molecular flexibility index (Phi) is 3.48. The molecule has 6 nitrogen and oxygen atoms in total. The highest BCUT2D eigenvalue weighted by molar-refractivity contribution is 8.00. The minimum atomic E-state index is -1.16. The predicted molar refractivity (Wildman–Crippen MR) is 62.8 cm³/mol. The van der Waals surface area contributed by atoms with E-state index < -0.39 is 11.7 Å². The molecular formula is C10H16N2O4S. The number of carboxylic acids is 1. The highest BCUT2D eigenvalue weighted by Gasteiger charge is 2.55. The van der Waals surface area contributed by atoms with Crippen molar-refractivity contribution in [2.75, 3.05) is 5.75 Å². The maximum absolute atomic E-state index is 11.2. The molecule has 2 aliphatic heterocycles. The standard InChI is InChI=1S/C10H16N2O4S/c13-8(14)4-2-1-3-7-10(16)6(5-17-7)11-9(15)12-10/h6-7,16H,1-5H2,(H,13,14)(H2,11,12,15)/t6-,7-,10-/m1/s1. The summed E-state index contributed by atoms with van der Waals surface area (Å²) in [6.07, 6.45) is 2.22. The van der Waals surface area contributed by atoms with Crippen LogP contribution < -0.4 is 10.6 Å². The van der Waals surface area contributed by atoms with Crippen molar-refractivity contribution in [2.24, 2.45) is 0 Å². The number of carbonyl (C=O) groups excluding carboxylic acids is 1. The van der Waals surface area contributed by atoms with Gasteiger partial charge in [-0.25, -0.2) is 4.79 Å². The van der Waals surface area contributed by atoms with Crippen molar-refractivity contribution in [3.63, 3.8) is 0 Å². The quantitative estimate of drug-likeness (QED) is 0.415. The lowest BCUT2D eigenvalue weighted by atomic mass is 9.99. The van der Waals surface area contributed by atoms with E-state index in [4.69, 9.17) is 5.11 Å². The zero-order valence-corrected chi connectivity index (χ0v) is 10.1. The molecule has 2 amide bonds. The summed E-state index contributed by atoms with van der Waals surface area (Å²) < 4.78 is 0. The second-order valence-electron chi connectivity index (χ2n) is 4.44. The van der Waals surface area contributed by atoms with Gasteiger partial charge in [0, 0.05) is 12.2 Å². The molecule has 0 saturated carbocycles. The van der Waals surface area contributed by atoms with Crippen molar-refractivity contribution >= 4 is 23.8 Å². The molecule has 17 heavy (non-hydrogen) atoms. The Morgan fingerprint density at radius 1 is 1.53 bits per heavy atom. The summed E-state index contributed by atoms with van der Waals surface area (Å²) >= 11 is 1.62. The summed E-state index contributed by atoms with van der Waals surface area (Å²) in [5.74, 6) is -0.102. The average Bonchev–Trinajstić information content (AvgIpc) is 2.66. The lowest BCUT2D eigenvalue weighted by Gasteiger charge is -2.27. The summed E-state index contributed by atoms with van der Waals surface area (Å²) in [7, 11) is 0. The number of rotatable bonds is 5. The third-order valence-corrected chi connectivity index (χ3v) is 4.74. The fraction of sp³-hybridized carbons (Fsp3) is 0.800. The summed E-state index contributed by atoms with van der Waals surface area (Å²) in [5.41, 5.74) is -1.16. The minimum Gasteiger partial charge on any atom is -0.481 e. The van der Waals surface area contributed by atoms with Gasteiger partial charge in [0.15, 0.2) is 5.72 Å².